The predicted octanol–water partition coefficient (Wildman–Crippen LogP) is 1.06. The standard InChI is InChI=1S/C15H22N2O4S/c1-11-4-5-14(21-3)13(8-11)16-15(18)9-17(2)12-6-7-22(19,20)10-12/h4-5,8,12H,6-7,9-10H2,1-3H3,(H,16,18). The topological polar surface area (TPSA) is 75.7 Å². The van der Waals surface area contributed by atoms with Gasteiger partial charge in [0.05, 0.1) is 30.8 Å². The third-order valence-corrected chi connectivity index (χ3v) is 5.60. The van der Waals surface area contributed by atoms with Gasteiger partial charge in [-0.2, -0.15) is 0 Å². The number of anilines is 1. The molecule has 7 heteroatoms. The van der Waals surface area contributed by atoms with Gasteiger partial charge in [0.1, 0.15) is 5.75 Å². The summed E-state index contributed by atoms with van der Waals surface area (Å²) in [7, 11) is 0.383. The fourth-order valence-electron chi connectivity index (χ4n) is 2.59. The van der Waals surface area contributed by atoms with E-state index in [1.807, 2.05) is 19.1 Å². The molecule has 1 aliphatic rings. The number of benzene rings is 1. The third kappa shape index (κ3) is 4.20. The lowest BCUT2D eigenvalue weighted by atomic mass is 10.2. The van der Waals surface area contributed by atoms with Crippen molar-refractivity contribution in [2.45, 2.75) is 19.4 Å². The van der Waals surface area contributed by atoms with Crippen molar-refractivity contribution in [3.05, 3.63) is 23.8 Å². The molecule has 122 valence electrons. The van der Waals surface area contributed by atoms with Gasteiger partial charge < -0.3 is 10.1 Å². The minimum atomic E-state index is -2.94. The molecule has 1 amide bonds. The van der Waals surface area contributed by atoms with E-state index in [0.29, 0.717) is 17.9 Å². The van der Waals surface area contributed by atoms with Crippen LogP contribution in [0.2, 0.25) is 0 Å². The minimum absolute atomic E-state index is 0.0878. The Morgan fingerprint density at radius 2 is 2.18 bits per heavy atom. The Morgan fingerprint density at radius 3 is 2.77 bits per heavy atom. The van der Waals surface area contributed by atoms with Gasteiger partial charge in [-0.3, -0.25) is 9.69 Å². The molecule has 0 saturated carbocycles. The first-order valence-corrected chi connectivity index (χ1v) is 8.98. The van der Waals surface area contributed by atoms with E-state index >= 15 is 0 Å². The number of likely N-dealkylation sites (N-methyl/N-ethyl adjacent to an activating group) is 1. The number of nitrogens with one attached hydrogen (secondary N) is 1. The molecule has 0 radical (unpaired) electrons. The zero-order chi connectivity index (χ0) is 16.3. The van der Waals surface area contributed by atoms with Gasteiger partial charge in [0.2, 0.25) is 5.91 Å². The fraction of sp³-hybridized carbons (Fsp3) is 0.533. The maximum absolute atomic E-state index is 12.2. The molecule has 1 aromatic rings. The summed E-state index contributed by atoms with van der Waals surface area (Å²) in [4.78, 5) is 14.0. The highest BCUT2D eigenvalue weighted by atomic mass is 32.2. The van der Waals surface area contributed by atoms with Gasteiger partial charge in [-0.15, -0.1) is 0 Å². The monoisotopic (exact) mass is 326 g/mol. The Balaban J connectivity index is 1.97. The summed E-state index contributed by atoms with van der Waals surface area (Å²) in [5.41, 5.74) is 1.64. The van der Waals surface area contributed by atoms with Crippen LogP contribution in [0.3, 0.4) is 0 Å². The Kier molecular flexibility index (Phi) is 5.08. The lowest BCUT2D eigenvalue weighted by Gasteiger charge is -2.22. The summed E-state index contributed by atoms with van der Waals surface area (Å²) in [6.45, 7) is 2.09. The van der Waals surface area contributed by atoms with Crippen molar-refractivity contribution < 1.29 is 17.9 Å². The van der Waals surface area contributed by atoms with E-state index in [9.17, 15) is 13.2 Å². The van der Waals surface area contributed by atoms with E-state index < -0.39 is 9.84 Å². The number of nitrogens with zero attached hydrogens (tertiary/aromatic N) is 1. The van der Waals surface area contributed by atoms with Crippen molar-refractivity contribution in [1.82, 2.24) is 4.90 Å². The highest BCUT2D eigenvalue weighted by Crippen LogP contribution is 2.25. The second-order valence-corrected chi connectivity index (χ2v) is 7.95. The van der Waals surface area contributed by atoms with Crippen LogP contribution < -0.4 is 10.1 Å². The molecule has 1 N–H and O–H groups in total. The molecule has 2 rings (SSSR count). The number of carbonyl (C=O) groups excluding carboxylic acids is 1. The van der Waals surface area contributed by atoms with Gasteiger partial charge in [-0.1, -0.05) is 6.07 Å². The summed E-state index contributed by atoms with van der Waals surface area (Å²) in [6, 6.07) is 5.47. The Labute approximate surface area is 131 Å². The molecular formula is C15H22N2O4S. The molecule has 1 unspecified atom stereocenters. The zero-order valence-corrected chi connectivity index (χ0v) is 13.9. The smallest absolute Gasteiger partial charge is 0.238 e. The van der Waals surface area contributed by atoms with E-state index in [1.165, 1.54) is 0 Å². The normalized spacial score (nSPS) is 20.1. The molecule has 1 atom stereocenters. The Bertz CT molecular complexity index is 658. The third-order valence-electron chi connectivity index (χ3n) is 3.85. The first-order chi connectivity index (χ1) is 10.3. The number of hydrogen-bond acceptors (Lipinski definition) is 5. The average molecular weight is 326 g/mol. The van der Waals surface area contributed by atoms with Gasteiger partial charge in [0, 0.05) is 6.04 Å². The number of rotatable bonds is 5. The highest BCUT2D eigenvalue weighted by molar-refractivity contribution is 7.91. The fourth-order valence-corrected chi connectivity index (χ4v) is 4.39. The maximum atomic E-state index is 12.2. The van der Waals surface area contributed by atoms with Crippen molar-refractivity contribution in [3.63, 3.8) is 0 Å². The van der Waals surface area contributed by atoms with Crippen LogP contribution in [-0.4, -0.2) is 57.5 Å². The number of carbonyl (C=O) groups is 1. The van der Waals surface area contributed by atoms with E-state index in [4.69, 9.17) is 4.74 Å². The van der Waals surface area contributed by atoms with Crippen LogP contribution in [0.4, 0.5) is 5.69 Å². The summed E-state index contributed by atoms with van der Waals surface area (Å²) in [6.07, 6.45) is 0.583. The Hall–Kier alpha value is -1.60. The number of aryl methyl sites for hydroxylation is 1. The summed E-state index contributed by atoms with van der Waals surface area (Å²) >= 11 is 0. The van der Waals surface area contributed by atoms with E-state index in [1.54, 1.807) is 25.1 Å². The first-order valence-electron chi connectivity index (χ1n) is 7.16. The molecule has 6 nitrogen and oxygen atoms in total. The Morgan fingerprint density at radius 1 is 1.45 bits per heavy atom. The van der Waals surface area contributed by atoms with Crippen LogP contribution >= 0.6 is 0 Å². The lowest BCUT2D eigenvalue weighted by molar-refractivity contribution is -0.117. The number of methoxy groups -OCH3 is 1. The van der Waals surface area contributed by atoms with Crippen molar-refractivity contribution >= 4 is 21.4 Å². The van der Waals surface area contributed by atoms with Gasteiger partial charge >= 0.3 is 0 Å². The van der Waals surface area contributed by atoms with E-state index in [2.05, 4.69) is 5.32 Å². The largest absolute Gasteiger partial charge is 0.495 e. The molecular weight excluding hydrogens is 304 g/mol. The van der Waals surface area contributed by atoms with Crippen molar-refractivity contribution in [2.24, 2.45) is 0 Å². The van der Waals surface area contributed by atoms with Crippen LogP contribution in [0, 0.1) is 6.92 Å². The van der Waals surface area contributed by atoms with Crippen LogP contribution in [0.1, 0.15) is 12.0 Å². The molecule has 1 aliphatic heterocycles. The van der Waals surface area contributed by atoms with Crippen molar-refractivity contribution in [2.75, 3.05) is 37.5 Å². The predicted molar refractivity (Wildman–Crippen MR) is 86.0 cm³/mol. The molecule has 1 aromatic carbocycles. The van der Waals surface area contributed by atoms with Gasteiger partial charge in [0.25, 0.3) is 0 Å². The summed E-state index contributed by atoms with van der Waals surface area (Å²) < 4.78 is 28.2. The summed E-state index contributed by atoms with van der Waals surface area (Å²) in [5, 5.41) is 2.82. The molecule has 1 saturated heterocycles. The molecule has 0 bridgehead atoms. The number of hydrogen-bond donors (Lipinski definition) is 1. The lowest BCUT2D eigenvalue weighted by Crippen LogP contribution is -2.38. The number of ether oxygens (including phenoxy) is 1. The highest BCUT2D eigenvalue weighted by Gasteiger charge is 2.31. The van der Waals surface area contributed by atoms with Gasteiger partial charge in [-0.05, 0) is 38.1 Å². The van der Waals surface area contributed by atoms with E-state index in [-0.39, 0.29) is 30.0 Å². The van der Waals surface area contributed by atoms with Gasteiger partial charge in [-0.25, -0.2) is 8.42 Å². The molecule has 22 heavy (non-hydrogen) atoms. The minimum Gasteiger partial charge on any atom is -0.495 e. The van der Waals surface area contributed by atoms with Crippen LogP contribution in [-0.2, 0) is 14.6 Å². The van der Waals surface area contributed by atoms with Gasteiger partial charge in [0.15, 0.2) is 9.84 Å². The molecule has 1 fully saturated rings. The second-order valence-electron chi connectivity index (χ2n) is 5.72. The van der Waals surface area contributed by atoms with Crippen molar-refractivity contribution in [3.8, 4) is 5.75 Å². The number of amides is 1. The summed E-state index contributed by atoms with van der Waals surface area (Å²) in [5.74, 6) is 0.751. The van der Waals surface area contributed by atoms with Crippen LogP contribution in [0.25, 0.3) is 0 Å². The van der Waals surface area contributed by atoms with Crippen molar-refractivity contribution in [1.29, 1.82) is 0 Å². The maximum Gasteiger partial charge on any atom is 0.238 e. The number of sulfone groups is 1. The van der Waals surface area contributed by atoms with Crippen LogP contribution in [0.5, 0.6) is 5.75 Å². The molecule has 1 heterocycles. The molecule has 0 spiro atoms. The van der Waals surface area contributed by atoms with E-state index in [0.717, 1.165) is 5.56 Å². The molecule has 0 aliphatic carbocycles. The zero-order valence-electron chi connectivity index (χ0n) is 13.1. The first kappa shape index (κ1) is 16.8. The van der Waals surface area contributed by atoms with Crippen LogP contribution in [0.15, 0.2) is 18.2 Å². The quantitative estimate of drug-likeness (QED) is 0.876. The SMILES string of the molecule is COc1ccc(C)cc1NC(=O)CN(C)C1CCS(=O)(=O)C1. The second kappa shape index (κ2) is 6.66. The average Bonchev–Trinajstić information content (AvgIpc) is 2.79. The molecule has 0 aromatic heterocycles.